The number of anilines is 1. The molecule has 1 heterocycles. The molecule has 2 rings (SSSR count). The maximum Gasteiger partial charge on any atom is 0.249 e. The number of hydrogen-bond acceptors (Lipinski definition) is 6. The number of hydrogen-bond donors (Lipinski definition) is 2. The van der Waals surface area contributed by atoms with Crippen molar-refractivity contribution >= 4 is 22.7 Å². The molecule has 1 amide bonds. The Morgan fingerprint density at radius 3 is 2.36 bits per heavy atom. The summed E-state index contributed by atoms with van der Waals surface area (Å²) >= 11 is -2.52. The Morgan fingerprint density at radius 1 is 1.28 bits per heavy atom. The second kappa shape index (κ2) is 8.70. The Bertz CT molecular complexity index is 623. The van der Waals surface area contributed by atoms with E-state index >= 15 is 0 Å². The smallest absolute Gasteiger partial charge is 0.249 e. The third-order valence-corrected chi connectivity index (χ3v) is 5.49. The topological polar surface area (TPSA) is 95.9 Å². The summed E-state index contributed by atoms with van der Waals surface area (Å²) in [6, 6.07) is 6.44. The maximum atomic E-state index is 13.9. The van der Waals surface area contributed by atoms with Gasteiger partial charge in [-0.2, -0.15) is 0 Å². The predicted octanol–water partition coefficient (Wildman–Crippen LogP) is 0.930. The van der Waals surface area contributed by atoms with Gasteiger partial charge >= 0.3 is 0 Å². The number of carbonyl (C=O) groups is 1. The molecular weight excluding hydrogens is 349 g/mol. The number of nitrogens with zero attached hydrogens (tertiary/aromatic N) is 2. The largest absolute Gasteiger partial charge is 0.771 e. The molecule has 3 atom stereocenters. The van der Waals surface area contributed by atoms with E-state index in [0.29, 0.717) is 31.9 Å². The van der Waals surface area contributed by atoms with E-state index in [2.05, 4.69) is 0 Å². The van der Waals surface area contributed by atoms with Gasteiger partial charge in [0.1, 0.15) is 5.82 Å². The summed E-state index contributed by atoms with van der Waals surface area (Å²) in [6.07, 6.45) is 0. The highest BCUT2D eigenvalue weighted by Gasteiger charge is 2.37. The van der Waals surface area contributed by atoms with Crippen molar-refractivity contribution < 1.29 is 23.2 Å². The van der Waals surface area contributed by atoms with Crippen molar-refractivity contribution in [3.8, 4) is 0 Å². The summed E-state index contributed by atoms with van der Waals surface area (Å²) in [5.74, 6) is -2.22. The summed E-state index contributed by atoms with van der Waals surface area (Å²) in [5.41, 5.74) is 2.05. The fraction of sp³-hybridized carbons (Fsp3) is 0.562. The van der Waals surface area contributed by atoms with Gasteiger partial charge in [-0.05, 0) is 29.1 Å². The quantitative estimate of drug-likeness (QED) is 0.438. The average molecular weight is 372 g/mol. The van der Waals surface area contributed by atoms with Gasteiger partial charge in [0.2, 0.25) is 5.91 Å². The molecule has 0 aliphatic carbocycles. The maximum absolute atomic E-state index is 13.9. The van der Waals surface area contributed by atoms with Crippen molar-refractivity contribution in [1.82, 2.24) is 10.4 Å². The number of nitrogens with one attached hydrogen (secondary N) is 1. The molecule has 1 aliphatic rings. The fourth-order valence-corrected chi connectivity index (χ4v) is 4.36. The van der Waals surface area contributed by atoms with E-state index in [-0.39, 0.29) is 11.7 Å². The first-order valence-electron chi connectivity index (χ1n) is 8.12. The van der Waals surface area contributed by atoms with Gasteiger partial charge in [-0.25, -0.2) is 9.87 Å². The lowest BCUT2D eigenvalue weighted by molar-refractivity contribution is -0.136. The molecule has 0 aromatic heterocycles. The molecule has 2 N–H and O–H groups in total. The number of hydroxylamine groups is 1. The molecule has 140 valence electrons. The Morgan fingerprint density at radius 2 is 1.88 bits per heavy atom. The minimum absolute atomic E-state index is 0.278. The summed E-state index contributed by atoms with van der Waals surface area (Å²) in [4.78, 5) is 15.5. The van der Waals surface area contributed by atoms with Crippen molar-refractivity contribution in [1.29, 1.82) is 0 Å². The Hall–Kier alpha value is -1.55. The highest BCUT2D eigenvalue weighted by Crippen LogP contribution is 2.26. The third kappa shape index (κ3) is 4.55. The van der Waals surface area contributed by atoms with Crippen LogP contribution in [0.25, 0.3) is 0 Å². The minimum Gasteiger partial charge on any atom is -0.771 e. The van der Waals surface area contributed by atoms with Gasteiger partial charge in [0.25, 0.3) is 0 Å². The lowest BCUT2D eigenvalue weighted by atomic mass is 9.93. The van der Waals surface area contributed by atoms with Gasteiger partial charge in [-0.3, -0.25) is 19.1 Å². The van der Waals surface area contributed by atoms with E-state index in [4.69, 9.17) is 5.21 Å². The number of halogens is 1. The summed E-state index contributed by atoms with van der Waals surface area (Å²) in [7, 11) is 0. The molecule has 0 bridgehead atoms. The fourth-order valence-electron chi connectivity index (χ4n) is 3.23. The molecule has 1 aliphatic heterocycles. The van der Waals surface area contributed by atoms with E-state index in [1.54, 1.807) is 42.4 Å². The Labute approximate surface area is 149 Å². The molecule has 0 radical (unpaired) electrons. The highest BCUT2D eigenvalue weighted by atomic mass is 32.2. The van der Waals surface area contributed by atoms with Gasteiger partial charge in [-0.15, -0.1) is 0 Å². The van der Waals surface area contributed by atoms with Crippen molar-refractivity contribution in [3.63, 3.8) is 0 Å². The SMILES string of the molecule is CC(C)C(C(=O)NO)C(N1CCN(c2ccccc2F)CC1)S(=O)[O-]. The molecule has 0 saturated carbocycles. The van der Waals surface area contributed by atoms with E-state index in [1.165, 1.54) is 6.07 Å². The zero-order chi connectivity index (χ0) is 18.6. The van der Waals surface area contributed by atoms with Crippen LogP contribution in [0.4, 0.5) is 10.1 Å². The Balaban J connectivity index is 2.14. The zero-order valence-electron chi connectivity index (χ0n) is 14.2. The van der Waals surface area contributed by atoms with E-state index in [0.717, 1.165) is 0 Å². The van der Waals surface area contributed by atoms with Crippen molar-refractivity contribution in [2.45, 2.75) is 19.2 Å². The summed E-state index contributed by atoms with van der Waals surface area (Å²) < 4.78 is 37.5. The molecule has 1 fully saturated rings. The van der Waals surface area contributed by atoms with Crippen LogP contribution in [0.2, 0.25) is 0 Å². The average Bonchev–Trinajstić information content (AvgIpc) is 2.59. The zero-order valence-corrected chi connectivity index (χ0v) is 15.0. The van der Waals surface area contributed by atoms with Crippen molar-refractivity contribution in [2.75, 3.05) is 31.1 Å². The summed E-state index contributed by atoms with van der Waals surface area (Å²) in [5, 5.41) is 7.89. The van der Waals surface area contributed by atoms with Crippen LogP contribution < -0.4 is 10.4 Å². The molecule has 9 heteroatoms. The number of amides is 1. The van der Waals surface area contributed by atoms with E-state index in [1.807, 2.05) is 4.90 Å². The molecule has 25 heavy (non-hydrogen) atoms. The van der Waals surface area contributed by atoms with Crippen LogP contribution in [0.15, 0.2) is 24.3 Å². The lowest BCUT2D eigenvalue weighted by Gasteiger charge is -2.43. The highest BCUT2D eigenvalue weighted by molar-refractivity contribution is 7.79. The standard InChI is InChI=1S/C16H24FN3O4S/c1-11(2)14(15(21)18-22)16(25(23)24)20-9-7-19(8-10-20)13-6-4-3-5-12(13)17/h3-6,11,14,16,22H,7-10H2,1-2H3,(H,18,21)(H,23,24)/p-1. The predicted molar refractivity (Wildman–Crippen MR) is 91.2 cm³/mol. The number of para-hydroxylation sites is 1. The second-order valence-electron chi connectivity index (χ2n) is 6.37. The monoisotopic (exact) mass is 372 g/mol. The number of rotatable bonds is 6. The van der Waals surface area contributed by atoms with Gasteiger partial charge in [0, 0.05) is 26.2 Å². The van der Waals surface area contributed by atoms with E-state index in [9.17, 15) is 17.9 Å². The van der Waals surface area contributed by atoms with E-state index < -0.39 is 28.3 Å². The van der Waals surface area contributed by atoms with Crippen LogP contribution in [0.1, 0.15) is 13.8 Å². The van der Waals surface area contributed by atoms with Gasteiger partial charge in [0.15, 0.2) is 0 Å². The number of carbonyl (C=O) groups excluding carboxylic acids is 1. The van der Waals surface area contributed by atoms with Gasteiger partial charge < -0.3 is 9.45 Å². The third-order valence-electron chi connectivity index (χ3n) is 4.50. The van der Waals surface area contributed by atoms with Crippen LogP contribution >= 0.6 is 0 Å². The van der Waals surface area contributed by atoms with Crippen molar-refractivity contribution in [3.05, 3.63) is 30.1 Å². The molecule has 1 saturated heterocycles. The van der Waals surface area contributed by atoms with Crippen LogP contribution in [0.3, 0.4) is 0 Å². The van der Waals surface area contributed by atoms with Crippen LogP contribution in [0, 0.1) is 17.7 Å². The molecule has 1 aromatic rings. The molecule has 7 nitrogen and oxygen atoms in total. The Kier molecular flexibility index (Phi) is 6.88. The number of piperazine rings is 1. The second-order valence-corrected chi connectivity index (χ2v) is 7.38. The minimum atomic E-state index is -2.52. The van der Waals surface area contributed by atoms with Crippen LogP contribution in [-0.4, -0.2) is 56.3 Å². The first-order chi connectivity index (χ1) is 11.9. The summed E-state index contributed by atoms with van der Waals surface area (Å²) in [6.45, 7) is 5.09. The van der Waals surface area contributed by atoms with Crippen LogP contribution in [-0.2, 0) is 15.9 Å². The van der Waals surface area contributed by atoms with Crippen LogP contribution in [0.5, 0.6) is 0 Å². The normalized spacial score (nSPS) is 19.5. The van der Waals surface area contributed by atoms with Gasteiger partial charge in [0.05, 0.1) is 17.0 Å². The molecular formula is C16H23FN3O4S-. The first kappa shape index (κ1) is 19.8. The molecule has 3 unspecified atom stereocenters. The van der Waals surface area contributed by atoms with Crippen molar-refractivity contribution in [2.24, 2.45) is 11.8 Å². The van der Waals surface area contributed by atoms with Gasteiger partial charge in [-0.1, -0.05) is 26.0 Å². The number of benzene rings is 1. The molecule has 0 spiro atoms. The molecule has 1 aromatic carbocycles. The first-order valence-corrected chi connectivity index (χ1v) is 9.26. The lowest BCUT2D eigenvalue weighted by Crippen LogP contribution is -2.57.